The highest BCUT2D eigenvalue weighted by Crippen LogP contribution is 2.24. The number of urea groups is 1. The van der Waals surface area contributed by atoms with Gasteiger partial charge in [0.25, 0.3) is 0 Å². The van der Waals surface area contributed by atoms with E-state index in [1.807, 2.05) is 6.92 Å². The number of hydrogen-bond acceptors (Lipinski definition) is 5. The molecule has 1 aliphatic rings. The molecule has 1 fully saturated rings. The second-order valence-electron chi connectivity index (χ2n) is 7.70. The number of halogens is 2. The normalized spacial score (nSPS) is 16.5. The summed E-state index contributed by atoms with van der Waals surface area (Å²) in [5.41, 5.74) is 2.88. The third-order valence-electron chi connectivity index (χ3n) is 5.27. The Bertz CT molecular complexity index is 1070. The third kappa shape index (κ3) is 5.14. The van der Waals surface area contributed by atoms with Crippen LogP contribution < -0.4 is 10.2 Å². The summed E-state index contributed by atoms with van der Waals surface area (Å²) in [6.45, 7) is 5.95. The maximum Gasteiger partial charge on any atom is 0.322 e. The molecule has 9 heteroatoms. The van der Waals surface area contributed by atoms with E-state index in [4.69, 9.17) is 16.6 Å². The van der Waals surface area contributed by atoms with Crippen molar-refractivity contribution in [1.29, 1.82) is 0 Å². The van der Waals surface area contributed by atoms with Gasteiger partial charge in [-0.2, -0.15) is 4.37 Å². The van der Waals surface area contributed by atoms with Gasteiger partial charge >= 0.3 is 6.03 Å². The Kier molecular flexibility index (Phi) is 6.38. The number of amides is 2. The van der Waals surface area contributed by atoms with Crippen LogP contribution in [0.3, 0.4) is 0 Å². The fraction of sp³-hybridized carbons (Fsp3) is 0.318. The molecule has 1 unspecified atom stereocenters. The van der Waals surface area contributed by atoms with Crippen molar-refractivity contribution < 1.29 is 9.18 Å². The molecule has 0 spiro atoms. The first-order chi connectivity index (χ1) is 14.9. The van der Waals surface area contributed by atoms with Crippen molar-refractivity contribution >= 4 is 40.0 Å². The van der Waals surface area contributed by atoms with Gasteiger partial charge in [0.1, 0.15) is 11.6 Å². The largest absolute Gasteiger partial charge is 0.343 e. The molecule has 0 aliphatic carbocycles. The molecule has 1 aliphatic heterocycles. The number of piperazine rings is 1. The molecule has 6 nitrogen and oxygen atoms in total. The topological polar surface area (TPSA) is 61.4 Å². The minimum atomic E-state index is -0.513. The fourth-order valence-electron chi connectivity index (χ4n) is 3.54. The number of hydrogen-bond donors (Lipinski definition) is 1. The van der Waals surface area contributed by atoms with E-state index in [0.717, 1.165) is 11.0 Å². The number of benzene rings is 2. The molecule has 0 radical (unpaired) electrons. The van der Waals surface area contributed by atoms with Gasteiger partial charge in [-0.25, -0.2) is 14.2 Å². The van der Waals surface area contributed by atoms with Crippen LogP contribution in [-0.4, -0.2) is 46.0 Å². The van der Waals surface area contributed by atoms with Gasteiger partial charge < -0.3 is 15.1 Å². The lowest BCUT2D eigenvalue weighted by atomic mass is 10.1. The summed E-state index contributed by atoms with van der Waals surface area (Å²) in [6.07, 6.45) is 0.703. The zero-order valence-corrected chi connectivity index (χ0v) is 18.9. The number of nitrogens with zero attached hydrogens (tertiary/aromatic N) is 4. The zero-order chi connectivity index (χ0) is 22.0. The molecule has 1 aromatic heterocycles. The Morgan fingerprint density at radius 2 is 2.03 bits per heavy atom. The highest BCUT2D eigenvalue weighted by atomic mass is 35.5. The summed E-state index contributed by atoms with van der Waals surface area (Å²) in [5, 5.41) is 3.65. The highest BCUT2D eigenvalue weighted by Gasteiger charge is 2.29. The molecule has 3 aromatic rings. The first-order valence-corrected chi connectivity index (χ1v) is 11.2. The Labute approximate surface area is 189 Å². The van der Waals surface area contributed by atoms with E-state index in [-0.39, 0.29) is 17.1 Å². The monoisotopic (exact) mass is 459 g/mol. The maximum atomic E-state index is 13.3. The number of aromatic nitrogens is 2. The van der Waals surface area contributed by atoms with Crippen LogP contribution in [0.5, 0.6) is 0 Å². The van der Waals surface area contributed by atoms with Crippen LogP contribution in [0.2, 0.25) is 5.02 Å². The minimum absolute atomic E-state index is 0.0193. The molecule has 1 saturated heterocycles. The lowest BCUT2D eigenvalue weighted by molar-refractivity contribution is 0.185. The molecule has 0 saturated carbocycles. The smallest absolute Gasteiger partial charge is 0.322 e. The number of anilines is 2. The van der Waals surface area contributed by atoms with E-state index in [1.54, 1.807) is 4.90 Å². The van der Waals surface area contributed by atoms with Crippen molar-refractivity contribution in [3.8, 4) is 0 Å². The van der Waals surface area contributed by atoms with Crippen molar-refractivity contribution in [2.24, 2.45) is 0 Å². The van der Waals surface area contributed by atoms with E-state index in [2.05, 4.69) is 45.8 Å². The fourth-order valence-corrected chi connectivity index (χ4v) is 4.44. The summed E-state index contributed by atoms with van der Waals surface area (Å²) >= 11 is 7.19. The zero-order valence-electron chi connectivity index (χ0n) is 17.3. The van der Waals surface area contributed by atoms with E-state index in [9.17, 15) is 9.18 Å². The van der Waals surface area contributed by atoms with E-state index in [0.29, 0.717) is 31.7 Å². The molecule has 2 heterocycles. The van der Waals surface area contributed by atoms with Gasteiger partial charge in [0, 0.05) is 49.3 Å². The lowest BCUT2D eigenvalue weighted by Gasteiger charge is -2.39. The molecular weight excluding hydrogens is 437 g/mol. The molecular formula is C22H23ClFN5OS. The average Bonchev–Trinajstić information content (AvgIpc) is 3.21. The standard InChI is InChI=1S/C22H23ClFN5OS/c1-14-3-5-16(6-4-14)11-20-26-22(31-27-20)28-9-10-29(15(2)13-28)21(30)25-17-7-8-19(24)18(23)12-17/h3-8,12,15H,9-11,13H2,1-2H3,(H,25,30). The third-order valence-corrected chi connectivity index (χ3v) is 6.37. The predicted octanol–water partition coefficient (Wildman–Crippen LogP) is 4.97. The second-order valence-corrected chi connectivity index (χ2v) is 8.84. The van der Waals surface area contributed by atoms with E-state index >= 15 is 0 Å². The Balaban J connectivity index is 1.35. The van der Waals surface area contributed by atoms with Crippen molar-refractivity contribution in [3.05, 3.63) is 70.3 Å². The van der Waals surface area contributed by atoms with Crippen molar-refractivity contribution in [1.82, 2.24) is 14.3 Å². The highest BCUT2D eigenvalue weighted by molar-refractivity contribution is 7.09. The summed E-state index contributed by atoms with van der Waals surface area (Å²) in [5.74, 6) is 0.297. The van der Waals surface area contributed by atoms with Crippen LogP contribution in [0.1, 0.15) is 23.9 Å². The summed E-state index contributed by atoms with van der Waals surface area (Å²) < 4.78 is 17.8. The van der Waals surface area contributed by atoms with Gasteiger partial charge in [0.05, 0.1) is 5.02 Å². The molecule has 1 N–H and O–H groups in total. The molecule has 162 valence electrons. The predicted molar refractivity (Wildman–Crippen MR) is 123 cm³/mol. The van der Waals surface area contributed by atoms with Crippen LogP contribution in [-0.2, 0) is 6.42 Å². The molecule has 0 bridgehead atoms. The summed E-state index contributed by atoms with van der Waals surface area (Å²) in [4.78, 5) is 21.3. The van der Waals surface area contributed by atoms with Gasteiger partial charge in [0.2, 0.25) is 5.13 Å². The summed E-state index contributed by atoms with van der Waals surface area (Å²) in [7, 11) is 0. The molecule has 2 aromatic carbocycles. The Morgan fingerprint density at radius 1 is 1.26 bits per heavy atom. The van der Waals surface area contributed by atoms with Crippen molar-refractivity contribution in [2.45, 2.75) is 26.3 Å². The van der Waals surface area contributed by atoms with E-state index < -0.39 is 5.82 Å². The van der Waals surface area contributed by atoms with Gasteiger partial charge in [-0.05, 0) is 37.6 Å². The maximum absolute atomic E-state index is 13.3. The molecule has 4 rings (SSSR count). The van der Waals surface area contributed by atoms with Gasteiger partial charge in [-0.1, -0.05) is 41.4 Å². The SMILES string of the molecule is Cc1ccc(Cc2nsc(N3CCN(C(=O)Nc4ccc(F)c(Cl)c4)C(C)C3)n2)cc1. The van der Waals surface area contributed by atoms with Gasteiger partial charge in [0.15, 0.2) is 0 Å². The average molecular weight is 460 g/mol. The first-order valence-electron chi connectivity index (χ1n) is 10.0. The van der Waals surface area contributed by atoms with Crippen LogP contribution >= 0.6 is 23.1 Å². The number of nitrogens with one attached hydrogen (secondary N) is 1. The molecule has 1 atom stereocenters. The number of carbonyl (C=O) groups is 1. The Morgan fingerprint density at radius 3 is 2.74 bits per heavy atom. The quantitative estimate of drug-likeness (QED) is 0.598. The number of carbonyl (C=O) groups excluding carboxylic acids is 1. The van der Waals surface area contributed by atoms with Crippen LogP contribution in [0.15, 0.2) is 42.5 Å². The van der Waals surface area contributed by atoms with Gasteiger partial charge in [-0.15, -0.1) is 0 Å². The van der Waals surface area contributed by atoms with Crippen LogP contribution in [0.25, 0.3) is 0 Å². The van der Waals surface area contributed by atoms with Gasteiger partial charge in [-0.3, -0.25) is 0 Å². The molecule has 2 amide bonds. The summed E-state index contributed by atoms with van der Waals surface area (Å²) in [6, 6.07) is 12.3. The number of rotatable bonds is 4. The van der Waals surface area contributed by atoms with Crippen LogP contribution in [0.4, 0.5) is 20.0 Å². The Hall–Kier alpha value is -2.71. The van der Waals surface area contributed by atoms with E-state index in [1.165, 1.54) is 40.9 Å². The second kappa shape index (κ2) is 9.20. The first kappa shape index (κ1) is 21.5. The van der Waals surface area contributed by atoms with Crippen molar-refractivity contribution in [2.75, 3.05) is 29.9 Å². The number of aryl methyl sites for hydroxylation is 1. The lowest BCUT2D eigenvalue weighted by Crippen LogP contribution is -2.55. The van der Waals surface area contributed by atoms with Crippen LogP contribution in [0, 0.1) is 12.7 Å². The minimum Gasteiger partial charge on any atom is -0.343 e. The van der Waals surface area contributed by atoms with Crippen molar-refractivity contribution in [3.63, 3.8) is 0 Å². The molecule has 31 heavy (non-hydrogen) atoms.